The van der Waals surface area contributed by atoms with Crippen LogP contribution in [0.15, 0.2) is 27.6 Å². The van der Waals surface area contributed by atoms with E-state index in [4.69, 9.17) is 0 Å². The molecule has 0 aliphatic rings. The van der Waals surface area contributed by atoms with Crippen molar-refractivity contribution in [2.75, 3.05) is 5.75 Å². The maximum atomic E-state index is 12.9. The first-order chi connectivity index (χ1) is 6.97. The molecule has 0 N–H and O–H groups in total. The SMILES string of the molecule is CCCCS(=O)(=O)c1ccc(F)c(Br)c1. The minimum atomic E-state index is -3.26. The van der Waals surface area contributed by atoms with Gasteiger partial charge >= 0.3 is 0 Å². The minimum absolute atomic E-state index is 0.113. The molecule has 0 spiro atoms. The summed E-state index contributed by atoms with van der Waals surface area (Å²) in [6.45, 7) is 1.93. The highest BCUT2D eigenvalue weighted by atomic mass is 79.9. The van der Waals surface area contributed by atoms with Crippen molar-refractivity contribution >= 4 is 25.8 Å². The van der Waals surface area contributed by atoms with Crippen LogP contribution in [0.1, 0.15) is 19.8 Å². The van der Waals surface area contributed by atoms with Crippen LogP contribution in [0.2, 0.25) is 0 Å². The van der Waals surface area contributed by atoms with E-state index in [1.165, 1.54) is 12.1 Å². The quantitative estimate of drug-likeness (QED) is 0.800. The van der Waals surface area contributed by atoms with E-state index in [0.717, 1.165) is 12.5 Å². The van der Waals surface area contributed by atoms with Gasteiger partial charge in [-0.3, -0.25) is 0 Å². The molecule has 1 aromatic rings. The Balaban J connectivity index is 3.00. The molecule has 0 unspecified atom stereocenters. The predicted octanol–water partition coefficient (Wildman–Crippen LogP) is 3.16. The van der Waals surface area contributed by atoms with Crippen LogP contribution in [0.3, 0.4) is 0 Å². The van der Waals surface area contributed by atoms with Gasteiger partial charge in [-0.05, 0) is 40.5 Å². The van der Waals surface area contributed by atoms with E-state index in [-0.39, 0.29) is 15.1 Å². The van der Waals surface area contributed by atoms with Crippen molar-refractivity contribution in [1.29, 1.82) is 0 Å². The Morgan fingerprint density at radius 2 is 2.07 bits per heavy atom. The molecule has 1 rings (SSSR count). The lowest BCUT2D eigenvalue weighted by Crippen LogP contribution is -2.06. The van der Waals surface area contributed by atoms with E-state index in [1.807, 2.05) is 6.92 Å². The fourth-order valence-electron chi connectivity index (χ4n) is 1.12. The molecule has 0 aliphatic carbocycles. The van der Waals surface area contributed by atoms with Crippen LogP contribution in [0.25, 0.3) is 0 Å². The molecular weight excluding hydrogens is 283 g/mol. The molecule has 1 aromatic carbocycles. The smallest absolute Gasteiger partial charge is 0.178 e. The highest BCUT2D eigenvalue weighted by Crippen LogP contribution is 2.21. The van der Waals surface area contributed by atoms with Gasteiger partial charge in [0, 0.05) is 0 Å². The maximum absolute atomic E-state index is 12.9. The van der Waals surface area contributed by atoms with Gasteiger partial charge in [0.25, 0.3) is 0 Å². The van der Waals surface area contributed by atoms with E-state index >= 15 is 0 Å². The predicted molar refractivity (Wildman–Crippen MR) is 61.1 cm³/mol. The summed E-state index contributed by atoms with van der Waals surface area (Å²) in [6.07, 6.45) is 1.44. The Morgan fingerprint density at radius 3 is 2.60 bits per heavy atom. The number of halogens is 2. The van der Waals surface area contributed by atoms with Gasteiger partial charge in [0.1, 0.15) is 5.82 Å². The highest BCUT2D eigenvalue weighted by molar-refractivity contribution is 9.10. The number of hydrogen-bond donors (Lipinski definition) is 0. The van der Waals surface area contributed by atoms with Crippen LogP contribution >= 0.6 is 15.9 Å². The van der Waals surface area contributed by atoms with E-state index in [0.29, 0.717) is 6.42 Å². The fourth-order valence-corrected chi connectivity index (χ4v) is 3.13. The molecular formula is C10H12BrFO2S. The second kappa shape index (κ2) is 5.07. The van der Waals surface area contributed by atoms with E-state index in [1.54, 1.807) is 0 Å². The molecule has 15 heavy (non-hydrogen) atoms. The van der Waals surface area contributed by atoms with Gasteiger partial charge in [-0.1, -0.05) is 13.3 Å². The summed E-state index contributed by atoms with van der Waals surface area (Å²) in [5.41, 5.74) is 0. The number of hydrogen-bond acceptors (Lipinski definition) is 2. The molecule has 0 atom stereocenters. The minimum Gasteiger partial charge on any atom is -0.224 e. The third-order valence-electron chi connectivity index (χ3n) is 2.02. The van der Waals surface area contributed by atoms with Gasteiger partial charge in [0.2, 0.25) is 0 Å². The summed E-state index contributed by atoms with van der Waals surface area (Å²) in [5, 5.41) is 0. The Labute approximate surface area is 97.5 Å². The Morgan fingerprint density at radius 1 is 1.40 bits per heavy atom. The van der Waals surface area contributed by atoms with Crippen LogP contribution in [-0.2, 0) is 9.84 Å². The molecule has 0 bridgehead atoms. The summed E-state index contributed by atoms with van der Waals surface area (Å²) in [5.74, 6) is -0.342. The van der Waals surface area contributed by atoms with E-state index < -0.39 is 15.7 Å². The zero-order valence-corrected chi connectivity index (χ0v) is 10.7. The summed E-state index contributed by atoms with van der Waals surface area (Å²) < 4.78 is 36.5. The first kappa shape index (κ1) is 12.6. The van der Waals surface area contributed by atoms with Crippen molar-refractivity contribution in [2.45, 2.75) is 24.7 Å². The number of rotatable bonds is 4. The molecule has 84 valence electrons. The lowest BCUT2D eigenvalue weighted by Gasteiger charge is -2.04. The van der Waals surface area contributed by atoms with Crippen LogP contribution < -0.4 is 0 Å². The first-order valence-electron chi connectivity index (χ1n) is 4.65. The third-order valence-corrected chi connectivity index (χ3v) is 4.42. The topological polar surface area (TPSA) is 34.1 Å². The average molecular weight is 295 g/mol. The molecule has 0 heterocycles. The molecule has 2 nitrogen and oxygen atoms in total. The standard InChI is InChI=1S/C10H12BrFO2S/c1-2-3-6-15(13,14)8-4-5-10(12)9(11)7-8/h4-5,7H,2-3,6H2,1H3. The van der Waals surface area contributed by atoms with E-state index in [2.05, 4.69) is 15.9 Å². The number of unbranched alkanes of at least 4 members (excludes halogenated alkanes) is 1. The van der Waals surface area contributed by atoms with Crippen molar-refractivity contribution in [1.82, 2.24) is 0 Å². The van der Waals surface area contributed by atoms with Gasteiger partial charge in [0.15, 0.2) is 9.84 Å². The average Bonchev–Trinajstić information content (AvgIpc) is 2.19. The van der Waals surface area contributed by atoms with Gasteiger partial charge in [-0.15, -0.1) is 0 Å². The van der Waals surface area contributed by atoms with Crippen molar-refractivity contribution in [2.24, 2.45) is 0 Å². The van der Waals surface area contributed by atoms with Crippen molar-refractivity contribution in [3.63, 3.8) is 0 Å². The summed E-state index contributed by atoms with van der Waals surface area (Å²) in [7, 11) is -3.26. The molecule has 0 fully saturated rings. The molecule has 0 radical (unpaired) electrons. The van der Waals surface area contributed by atoms with Gasteiger partial charge < -0.3 is 0 Å². The zero-order chi connectivity index (χ0) is 11.5. The monoisotopic (exact) mass is 294 g/mol. The Hall–Kier alpha value is -0.420. The Kier molecular flexibility index (Phi) is 4.28. The van der Waals surface area contributed by atoms with Gasteiger partial charge in [-0.2, -0.15) is 0 Å². The summed E-state index contributed by atoms with van der Waals surface area (Å²) >= 11 is 2.97. The van der Waals surface area contributed by atoms with Crippen molar-refractivity contribution < 1.29 is 12.8 Å². The number of sulfone groups is 1. The summed E-state index contributed by atoms with van der Waals surface area (Å²) in [6, 6.07) is 3.76. The maximum Gasteiger partial charge on any atom is 0.178 e. The summed E-state index contributed by atoms with van der Waals surface area (Å²) in [4.78, 5) is 0.171. The van der Waals surface area contributed by atoms with Crippen molar-refractivity contribution in [3.05, 3.63) is 28.5 Å². The third kappa shape index (κ3) is 3.28. The Bertz CT molecular complexity index is 443. The van der Waals surface area contributed by atoms with Crippen molar-refractivity contribution in [3.8, 4) is 0 Å². The van der Waals surface area contributed by atoms with Crippen LogP contribution in [0.5, 0.6) is 0 Å². The largest absolute Gasteiger partial charge is 0.224 e. The van der Waals surface area contributed by atoms with Crippen LogP contribution in [0.4, 0.5) is 4.39 Å². The second-order valence-corrected chi connectivity index (χ2v) is 6.21. The molecule has 0 saturated heterocycles. The highest BCUT2D eigenvalue weighted by Gasteiger charge is 2.14. The molecule has 0 amide bonds. The lowest BCUT2D eigenvalue weighted by molar-refractivity contribution is 0.591. The normalized spacial score (nSPS) is 11.7. The molecule has 5 heteroatoms. The first-order valence-corrected chi connectivity index (χ1v) is 7.09. The second-order valence-electron chi connectivity index (χ2n) is 3.25. The zero-order valence-electron chi connectivity index (χ0n) is 8.33. The fraction of sp³-hybridized carbons (Fsp3) is 0.400. The molecule has 0 aromatic heterocycles. The van der Waals surface area contributed by atoms with Crippen LogP contribution in [-0.4, -0.2) is 14.2 Å². The molecule has 0 aliphatic heterocycles. The van der Waals surface area contributed by atoms with Crippen LogP contribution in [0, 0.1) is 5.82 Å². The lowest BCUT2D eigenvalue weighted by atomic mass is 10.3. The molecule has 0 saturated carbocycles. The van der Waals surface area contributed by atoms with Gasteiger partial charge in [0.05, 0.1) is 15.1 Å². The van der Waals surface area contributed by atoms with E-state index in [9.17, 15) is 12.8 Å². The number of benzene rings is 1. The van der Waals surface area contributed by atoms with Gasteiger partial charge in [-0.25, -0.2) is 12.8 Å².